The fourth-order valence-corrected chi connectivity index (χ4v) is 1.05. The Hall–Kier alpha value is -1.58. The van der Waals surface area contributed by atoms with Gasteiger partial charge in [-0.2, -0.15) is 0 Å². The molecule has 0 aliphatic carbocycles. The summed E-state index contributed by atoms with van der Waals surface area (Å²) in [6, 6.07) is 2.93. The predicted octanol–water partition coefficient (Wildman–Crippen LogP) is 2.05. The van der Waals surface area contributed by atoms with Crippen molar-refractivity contribution in [3.63, 3.8) is 0 Å². The van der Waals surface area contributed by atoms with Crippen molar-refractivity contribution < 1.29 is 18.7 Å². The van der Waals surface area contributed by atoms with Gasteiger partial charge in [0.2, 0.25) is 5.76 Å². The molecule has 0 N–H and O–H groups in total. The van der Waals surface area contributed by atoms with Crippen LogP contribution in [-0.4, -0.2) is 18.9 Å². The standard InChI is InChI=1S/C10H12O4/c1-3-4-7(11)8-5-6-9(14-8)10(12)13-2/h5-6H,3-4H2,1-2H3. The number of furan rings is 1. The SMILES string of the molecule is CCCC(=O)c1ccc(C(=O)OC)o1. The van der Waals surface area contributed by atoms with E-state index in [4.69, 9.17) is 4.42 Å². The number of carbonyl (C=O) groups is 2. The topological polar surface area (TPSA) is 56.5 Å². The molecule has 0 aliphatic rings. The Morgan fingerprint density at radius 2 is 2.00 bits per heavy atom. The van der Waals surface area contributed by atoms with Crippen LogP contribution in [0.5, 0.6) is 0 Å². The first-order valence-corrected chi connectivity index (χ1v) is 4.40. The summed E-state index contributed by atoms with van der Waals surface area (Å²) in [6.07, 6.45) is 1.18. The second-order valence-corrected chi connectivity index (χ2v) is 2.83. The lowest BCUT2D eigenvalue weighted by molar-refractivity contribution is 0.0563. The zero-order valence-electron chi connectivity index (χ0n) is 8.20. The van der Waals surface area contributed by atoms with Crippen LogP contribution in [0.4, 0.5) is 0 Å². The molecule has 0 saturated carbocycles. The van der Waals surface area contributed by atoms with Crippen LogP contribution in [0.15, 0.2) is 16.5 Å². The zero-order valence-corrected chi connectivity index (χ0v) is 8.20. The van der Waals surface area contributed by atoms with Crippen LogP contribution in [-0.2, 0) is 4.74 Å². The smallest absolute Gasteiger partial charge is 0.373 e. The number of hydrogen-bond acceptors (Lipinski definition) is 4. The quantitative estimate of drug-likeness (QED) is 0.546. The highest BCUT2D eigenvalue weighted by Gasteiger charge is 2.14. The second-order valence-electron chi connectivity index (χ2n) is 2.83. The maximum absolute atomic E-state index is 11.3. The number of hydrogen-bond donors (Lipinski definition) is 0. The lowest BCUT2D eigenvalue weighted by Crippen LogP contribution is -1.99. The minimum Gasteiger partial charge on any atom is -0.463 e. The maximum Gasteiger partial charge on any atom is 0.373 e. The molecule has 14 heavy (non-hydrogen) atoms. The van der Waals surface area contributed by atoms with E-state index >= 15 is 0 Å². The van der Waals surface area contributed by atoms with Gasteiger partial charge in [0.15, 0.2) is 11.5 Å². The fraction of sp³-hybridized carbons (Fsp3) is 0.400. The molecule has 0 bridgehead atoms. The van der Waals surface area contributed by atoms with Crippen LogP contribution < -0.4 is 0 Å². The van der Waals surface area contributed by atoms with Crippen molar-refractivity contribution in [2.75, 3.05) is 7.11 Å². The van der Waals surface area contributed by atoms with E-state index in [9.17, 15) is 9.59 Å². The average molecular weight is 196 g/mol. The van der Waals surface area contributed by atoms with Crippen molar-refractivity contribution in [2.24, 2.45) is 0 Å². The van der Waals surface area contributed by atoms with Gasteiger partial charge in [0, 0.05) is 6.42 Å². The largest absolute Gasteiger partial charge is 0.463 e. The van der Waals surface area contributed by atoms with Crippen LogP contribution in [0.2, 0.25) is 0 Å². The van der Waals surface area contributed by atoms with E-state index in [1.807, 2.05) is 6.92 Å². The molecule has 1 heterocycles. The summed E-state index contributed by atoms with van der Waals surface area (Å²) in [5.74, 6) is -0.387. The Bertz CT molecular complexity index is 338. The minimum absolute atomic E-state index is 0.0620. The summed E-state index contributed by atoms with van der Waals surface area (Å²) in [5, 5.41) is 0. The Kier molecular flexibility index (Phi) is 3.45. The van der Waals surface area contributed by atoms with E-state index in [-0.39, 0.29) is 17.3 Å². The van der Waals surface area contributed by atoms with Gasteiger partial charge < -0.3 is 9.15 Å². The van der Waals surface area contributed by atoms with Crippen molar-refractivity contribution >= 4 is 11.8 Å². The fourth-order valence-electron chi connectivity index (χ4n) is 1.05. The summed E-state index contributed by atoms with van der Waals surface area (Å²) in [6.45, 7) is 1.90. The molecule has 1 aromatic heterocycles. The lowest BCUT2D eigenvalue weighted by Gasteiger charge is -1.94. The van der Waals surface area contributed by atoms with Gasteiger partial charge in [-0.1, -0.05) is 6.92 Å². The van der Waals surface area contributed by atoms with Crippen LogP contribution in [0.3, 0.4) is 0 Å². The molecule has 76 valence electrons. The van der Waals surface area contributed by atoms with Gasteiger partial charge in [-0.3, -0.25) is 4.79 Å². The van der Waals surface area contributed by atoms with Crippen LogP contribution in [0.1, 0.15) is 40.9 Å². The maximum atomic E-state index is 11.3. The lowest BCUT2D eigenvalue weighted by atomic mass is 10.2. The third-order valence-electron chi connectivity index (χ3n) is 1.74. The minimum atomic E-state index is -0.569. The van der Waals surface area contributed by atoms with Gasteiger partial charge in [-0.15, -0.1) is 0 Å². The molecule has 0 amide bonds. The summed E-state index contributed by atoms with van der Waals surface area (Å²) >= 11 is 0. The van der Waals surface area contributed by atoms with Gasteiger partial charge in [0.25, 0.3) is 0 Å². The molecular formula is C10H12O4. The van der Waals surface area contributed by atoms with E-state index in [0.29, 0.717) is 6.42 Å². The Balaban J connectivity index is 2.77. The molecule has 4 nitrogen and oxygen atoms in total. The average Bonchev–Trinajstić information content (AvgIpc) is 2.66. The molecule has 0 spiro atoms. The number of ketones is 1. The highest BCUT2D eigenvalue weighted by molar-refractivity contribution is 5.95. The van der Waals surface area contributed by atoms with E-state index in [0.717, 1.165) is 6.42 Å². The molecule has 0 atom stereocenters. The number of Topliss-reactive ketones (excluding diaryl/α,β-unsaturated/α-hetero) is 1. The number of ether oxygens (including phenoxy) is 1. The number of rotatable bonds is 4. The summed E-state index contributed by atoms with van der Waals surface area (Å²) in [7, 11) is 1.26. The first kappa shape index (κ1) is 10.5. The van der Waals surface area contributed by atoms with E-state index in [1.54, 1.807) is 0 Å². The molecule has 0 aliphatic heterocycles. The van der Waals surface area contributed by atoms with Crippen molar-refractivity contribution in [1.29, 1.82) is 0 Å². The van der Waals surface area contributed by atoms with E-state index < -0.39 is 5.97 Å². The third-order valence-corrected chi connectivity index (χ3v) is 1.74. The highest BCUT2D eigenvalue weighted by Crippen LogP contribution is 2.11. The van der Waals surface area contributed by atoms with Crippen molar-refractivity contribution in [3.8, 4) is 0 Å². The summed E-state index contributed by atoms with van der Waals surface area (Å²) in [4.78, 5) is 22.3. The third kappa shape index (κ3) is 2.22. The molecule has 0 fully saturated rings. The molecule has 4 heteroatoms. The normalized spacial score (nSPS) is 9.86. The predicted molar refractivity (Wildman–Crippen MR) is 49.3 cm³/mol. The molecule has 0 radical (unpaired) electrons. The summed E-state index contributed by atoms with van der Waals surface area (Å²) < 4.78 is 9.47. The number of carbonyl (C=O) groups excluding carboxylic acids is 2. The Morgan fingerprint density at radius 1 is 1.36 bits per heavy atom. The van der Waals surface area contributed by atoms with Crippen molar-refractivity contribution in [3.05, 3.63) is 23.7 Å². The van der Waals surface area contributed by atoms with Gasteiger partial charge in [-0.25, -0.2) is 4.79 Å². The van der Waals surface area contributed by atoms with Gasteiger partial charge in [0.05, 0.1) is 7.11 Å². The molecular weight excluding hydrogens is 184 g/mol. The van der Waals surface area contributed by atoms with Crippen LogP contribution >= 0.6 is 0 Å². The van der Waals surface area contributed by atoms with Gasteiger partial charge in [0.1, 0.15) is 0 Å². The van der Waals surface area contributed by atoms with Crippen molar-refractivity contribution in [1.82, 2.24) is 0 Å². The summed E-state index contributed by atoms with van der Waals surface area (Å²) in [5.41, 5.74) is 0. The molecule has 1 aromatic rings. The molecule has 0 aromatic carbocycles. The first-order valence-electron chi connectivity index (χ1n) is 4.40. The Labute approximate surface area is 81.9 Å². The highest BCUT2D eigenvalue weighted by atomic mass is 16.5. The van der Waals surface area contributed by atoms with Gasteiger partial charge in [-0.05, 0) is 18.6 Å². The molecule has 0 unspecified atom stereocenters. The monoisotopic (exact) mass is 196 g/mol. The molecule has 0 saturated heterocycles. The number of esters is 1. The van der Waals surface area contributed by atoms with Gasteiger partial charge >= 0.3 is 5.97 Å². The molecule has 1 rings (SSSR count). The van der Waals surface area contributed by atoms with E-state index in [1.165, 1.54) is 19.2 Å². The van der Waals surface area contributed by atoms with Crippen LogP contribution in [0.25, 0.3) is 0 Å². The second kappa shape index (κ2) is 4.60. The van der Waals surface area contributed by atoms with Crippen molar-refractivity contribution in [2.45, 2.75) is 19.8 Å². The first-order chi connectivity index (χ1) is 6.69. The van der Waals surface area contributed by atoms with Crippen LogP contribution in [0, 0.1) is 0 Å². The van der Waals surface area contributed by atoms with E-state index in [2.05, 4.69) is 4.74 Å². The Morgan fingerprint density at radius 3 is 2.57 bits per heavy atom. The zero-order chi connectivity index (χ0) is 10.6. The number of methoxy groups -OCH3 is 1.